The number of ether oxygens (including phenoxy) is 1. The van der Waals surface area contributed by atoms with Crippen LogP contribution in [0.4, 0.5) is 11.6 Å². The predicted molar refractivity (Wildman–Crippen MR) is 57.6 cm³/mol. The highest BCUT2D eigenvalue weighted by Crippen LogP contribution is 2.06. The smallest absolute Gasteiger partial charge is 0.225 e. The van der Waals surface area contributed by atoms with Gasteiger partial charge in [-0.3, -0.25) is 0 Å². The Hall–Kier alpha value is -1.40. The minimum absolute atomic E-state index is 0.291. The number of nitrogen functional groups attached to an aromatic ring is 1. The Morgan fingerprint density at radius 3 is 2.67 bits per heavy atom. The lowest BCUT2D eigenvalue weighted by atomic mass is 10.3. The van der Waals surface area contributed by atoms with Crippen molar-refractivity contribution in [3.63, 3.8) is 0 Å². The van der Waals surface area contributed by atoms with Gasteiger partial charge in [0.1, 0.15) is 0 Å². The summed E-state index contributed by atoms with van der Waals surface area (Å²) in [6.07, 6.45) is 2.50. The van der Waals surface area contributed by atoms with Crippen LogP contribution < -0.4 is 10.6 Å². The SMILES string of the molecule is COCC(O)CN(C)c1ncc(N)cn1. The number of hydrogen-bond donors (Lipinski definition) is 2. The topological polar surface area (TPSA) is 84.5 Å². The van der Waals surface area contributed by atoms with Gasteiger partial charge < -0.3 is 20.5 Å². The summed E-state index contributed by atoms with van der Waals surface area (Å²) in [6, 6.07) is 0. The molecule has 1 heterocycles. The Morgan fingerprint density at radius 1 is 1.53 bits per heavy atom. The number of aliphatic hydroxyl groups excluding tert-OH is 1. The van der Waals surface area contributed by atoms with Crippen LogP contribution in [0.3, 0.4) is 0 Å². The van der Waals surface area contributed by atoms with E-state index in [0.717, 1.165) is 0 Å². The van der Waals surface area contributed by atoms with Crippen molar-refractivity contribution in [3.8, 4) is 0 Å². The van der Waals surface area contributed by atoms with Gasteiger partial charge in [-0.15, -0.1) is 0 Å². The normalized spacial score (nSPS) is 12.5. The van der Waals surface area contributed by atoms with E-state index in [1.165, 1.54) is 12.4 Å². The van der Waals surface area contributed by atoms with Crippen molar-refractivity contribution >= 4 is 11.6 Å². The van der Waals surface area contributed by atoms with Gasteiger partial charge in [-0.25, -0.2) is 9.97 Å². The molecular formula is C9H16N4O2. The summed E-state index contributed by atoms with van der Waals surface area (Å²) in [7, 11) is 3.34. The summed E-state index contributed by atoms with van der Waals surface area (Å²) in [5.74, 6) is 0.527. The van der Waals surface area contributed by atoms with Gasteiger partial charge in [0.15, 0.2) is 0 Å². The fraction of sp³-hybridized carbons (Fsp3) is 0.556. The number of aromatic nitrogens is 2. The van der Waals surface area contributed by atoms with Crippen molar-refractivity contribution in [2.45, 2.75) is 6.10 Å². The molecule has 0 amide bonds. The second-order valence-electron chi connectivity index (χ2n) is 3.31. The molecule has 0 aromatic carbocycles. The third-order valence-electron chi connectivity index (χ3n) is 1.84. The van der Waals surface area contributed by atoms with Crippen molar-refractivity contribution in [2.24, 2.45) is 0 Å². The first-order valence-electron chi connectivity index (χ1n) is 4.59. The fourth-order valence-corrected chi connectivity index (χ4v) is 1.17. The van der Waals surface area contributed by atoms with E-state index in [1.807, 2.05) is 0 Å². The van der Waals surface area contributed by atoms with E-state index in [9.17, 15) is 5.11 Å². The number of nitrogens with zero attached hydrogens (tertiary/aromatic N) is 3. The standard InChI is InChI=1S/C9H16N4O2/c1-13(5-8(14)6-15-2)9-11-3-7(10)4-12-9/h3-4,8,14H,5-6,10H2,1-2H3. The van der Waals surface area contributed by atoms with Crippen LogP contribution in [-0.4, -0.2) is 48.5 Å². The van der Waals surface area contributed by atoms with Crippen molar-refractivity contribution in [3.05, 3.63) is 12.4 Å². The van der Waals surface area contributed by atoms with Crippen molar-refractivity contribution in [2.75, 3.05) is 37.9 Å². The number of anilines is 2. The van der Waals surface area contributed by atoms with Gasteiger partial charge in [0.25, 0.3) is 0 Å². The number of hydrogen-bond acceptors (Lipinski definition) is 6. The first-order valence-corrected chi connectivity index (χ1v) is 4.59. The number of aliphatic hydroxyl groups is 1. The maximum absolute atomic E-state index is 9.49. The molecule has 3 N–H and O–H groups in total. The minimum Gasteiger partial charge on any atom is -0.396 e. The van der Waals surface area contributed by atoms with Gasteiger partial charge in [0, 0.05) is 20.7 Å². The average Bonchev–Trinajstić information content (AvgIpc) is 2.18. The quantitative estimate of drug-likeness (QED) is 0.684. The zero-order valence-electron chi connectivity index (χ0n) is 8.92. The van der Waals surface area contributed by atoms with Crippen LogP contribution in [0.15, 0.2) is 12.4 Å². The maximum Gasteiger partial charge on any atom is 0.225 e. The molecule has 84 valence electrons. The van der Waals surface area contributed by atoms with E-state index in [1.54, 1.807) is 19.1 Å². The average molecular weight is 212 g/mol. The fourth-order valence-electron chi connectivity index (χ4n) is 1.17. The lowest BCUT2D eigenvalue weighted by Crippen LogP contribution is -2.32. The molecule has 6 nitrogen and oxygen atoms in total. The summed E-state index contributed by atoms with van der Waals surface area (Å²) in [6.45, 7) is 0.705. The molecule has 0 aliphatic heterocycles. The molecular weight excluding hydrogens is 196 g/mol. The van der Waals surface area contributed by atoms with Gasteiger partial charge in [0.05, 0.1) is 30.8 Å². The van der Waals surface area contributed by atoms with E-state index in [-0.39, 0.29) is 0 Å². The second-order valence-corrected chi connectivity index (χ2v) is 3.31. The van der Waals surface area contributed by atoms with Crippen LogP contribution in [0.1, 0.15) is 0 Å². The molecule has 0 spiro atoms. The highest BCUT2D eigenvalue weighted by atomic mass is 16.5. The first kappa shape index (κ1) is 11.7. The Bertz CT molecular complexity index is 291. The summed E-state index contributed by atoms with van der Waals surface area (Å²) >= 11 is 0. The van der Waals surface area contributed by atoms with Crippen LogP contribution in [-0.2, 0) is 4.74 Å². The molecule has 0 fully saturated rings. The molecule has 6 heteroatoms. The lowest BCUT2D eigenvalue weighted by molar-refractivity contribution is 0.0693. The van der Waals surface area contributed by atoms with Crippen LogP contribution in [0.5, 0.6) is 0 Å². The van der Waals surface area contributed by atoms with Crippen LogP contribution in [0, 0.1) is 0 Å². The third-order valence-corrected chi connectivity index (χ3v) is 1.84. The second kappa shape index (κ2) is 5.47. The third kappa shape index (κ3) is 3.69. The number of nitrogens with two attached hydrogens (primary N) is 1. The molecule has 1 rings (SSSR count). The van der Waals surface area contributed by atoms with E-state index >= 15 is 0 Å². The van der Waals surface area contributed by atoms with Crippen molar-refractivity contribution in [1.29, 1.82) is 0 Å². The lowest BCUT2D eigenvalue weighted by Gasteiger charge is -2.19. The van der Waals surface area contributed by atoms with Gasteiger partial charge in [-0.2, -0.15) is 0 Å². The van der Waals surface area contributed by atoms with Crippen molar-refractivity contribution in [1.82, 2.24) is 9.97 Å². The zero-order valence-corrected chi connectivity index (χ0v) is 8.92. The minimum atomic E-state index is -0.554. The molecule has 1 atom stereocenters. The van der Waals surface area contributed by atoms with Crippen LogP contribution >= 0.6 is 0 Å². The number of rotatable bonds is 5. The Balaban J connectivity index is 2.53. The maximum atomic E-state index is 9.49. The van der Waals surface area contributed by atoms with Crippen LogP contribution in [0.2, 0.25) is 0 Å². The largest absolute Gasteiger partial charge is 0.396 e. The molecule has 0 saturated heterocycles. The highest BCUT2D eigenvalue weighted by Gasteiger charge is 2.10. The molecule has 15 heavy (non-hydrogen) atoms. The number of likely N-dealkylation sites (N-methyl/N-ethyl adjacent to an activating group) is 1. The van der Waals surface area contributed by atoms with Gasteiger partial charge in [-0.05, 0) is 0 Å². The number of methoxy groups -OCH3 is 1. The van der Waals surface area contributed by atoms with Gasteiger partial charge >= 0.3 is 0 Å². The van der Waals surface area contributed by atoms with E-state index in [0.29, 0.717) is 24.8 Å². The molecule has 1 unspecified atom stereocenters. The summed E-state index contributed by atoms with van der Waals surface area (Å²) < 4.78 is 4.82. The predicted octanol–water partition coefficient (Wildman–Crippen LogP) is -0.498. The molecule has 0 bridgehead atoms. The molecule has 0 aliphatic rings. The van der Waals surface area contributed by atoms with Crippen LogP contribution in [0.25, 0.3) is 0 Å². The highest BCUT2D eigenvalue weighted by molar-refractivity contribution is 5.37. The Labute approximate surface area is 88.7 Å². The molecule has 1 aromatic rings. The summed E-state index contributed by atoms with van der Waals surface area (Å²) in [4.78, 5) is 9.80. The first-order chi connectivity index (χ1) is 7.13. The van der Waals surface area contributed by atoms with Crippen molar-refractivity contribution < 1.29 is 9.84 Å². The zero-order chi connectivity index (χ0) is 11.3. The Kier molecular flexibility index (Phi) is 4.26. The van der Waals surface area contributed by atoms with Gasteiger partial charge in [-0.1, -0.05) is 0 Å². The van der Waals surface area contributed by atoms with E-state index < -0.39 is 6.10 Å². The van der Waals surface area contributed by atoms with E-state index in [4.69, 9.17) is 10.5 Å². The summed E-state index contributed by atoms with van der Waals surface area (Å²) in [5, 5.41) is 9.49. The molecule has 0 saturated carbocycles. The summed E-state index contributed by atoms with van der Waals surface area (Å²) in [5.41, 5.74) is 5.98. The molecule has 1 aromatic heterocycles. The Morgan fingerprint density at radius 2 is 2.13 bits per heavy atom. The monoisotopic (exact) mass is 212 g/mol. The molecule has 0 radical (unpaired) electrons. The van der Waals surface area contributed by atoms with E-state index in [2.05, 4.69) is 9.97 Å². The molecule has 0 aliphatic carbocycles. The van der Waals surface area contributed by atoms with Gasteiger partial charge in [0.2, 0.25) is 5.95 Å².